The number of fused-ring (bicyclic) bond motifs is 1. The molecule has 12 heteroatoms. The Hall–Kier alpha value is -3.48. The zero-order chi connectivity index (χ0) is 26.6. The largest absolute Gasteiger partial charge is 0.480 e. The Morgan fingerprint density at radius 1 is 0.946 bits per heavy atom. The summed E-state index contributed by atoms with van der Waals surface area (Å²) in [5.74, 6) is -0.405. The lowest BCUT2D eigenvalue weighted by Crippen LogP contribution is -2.45. The van der Waals surface area contributed by atoms with Crippen molar-refractivity contribution in [1.29, 1.82) is 0 Å². The number of para-hydroxylation sites is 1. The van der Waals surface area contributed by atoms with Gasteiger partial charge in [-0.1, -0.05) is 18.2 Å². The Balaban J connectivity index is 1.41. The van der Waals surface area contributed by atoms with Gasteiger partial charge in [0.15, 0.2) is 0 Å². The third-order valence-electron chi connectivity index (χ3n) is 5.98. The number of aliphatic carboxylic acids is 1. The third-order valence-corrected chi connectivity index (χ3v) is 5.98. The SMILES string of the molecule is Cc1c(N2CCN(C)CC2)nc2ccccc2c1C(=O)NCCOCCOCCNC(=O)NC[13C](=O)O. The molecule has 1 aliphatic heterocycles. The minimum atomic E-state index is -1.11. The smallest absolute Gasteiger partial charge is 0.323 e. The summed E-state index contributed by atoms with van der Waals surface area (Å²) in [4.78, 5) is 44.3. The van der Waals surface area contributed by atoms with Crippen molar-refractivity contribution in [2.24, 2.45) is 0 Å². The number of carbonyl (C=O) groups excluding carboxylic acids is 2. The maximum atomic E-state index is 13.2. The number of piperazine rings is 1. The molecule has 0 atom stereocenters. The summed E-state index contributed by atoms with van der Waals surface area (Å²) >= 11 is 0. The molecule has 0 aliphatic carbocycles. The Bertz CT molecular complexity index is 1070. The number of pyridine rings is 1. The van der Waals surface area contributed by atoms with Crippen LogP contribution >= 0.6 is 0 Å². The van der Waals surface area contributed by atoms with E-state index in [0.717, 1.165) is 48.5 Å². The number of amides is 3. The summed E-state index contributed by atoms with van der Waals surface area (Å²) in [6, 6.07) is 7.14. The van der Waals surface area contributed by atoms with Crippen molar-refractivity contribution in [3.05, 3.63) is 35.4 Å². The Morgan fingerprint density at radius 2 is 1.59 bits per heavy atom. The molecule has 1 fully saturated rings. The van der Waals surface area contributed by atoms with Gasteiger partial charge in [0.25, 0.3) is 5.91 Å². The van der Waals surface area contributed by atoms with E-state index in [2.05, 4.69) is 32.8 Å². The van der Waals surface area contributed by atoms with E-state index in [4.69, 9.17) is 19.6 Å². The molecule has 1 aromatic carbocycles. The number of rotatable bonds is 13. The monoisotopic (exact) mass is 517 g/mol. The molecule has 0 bridgehead atoms. The number of nitrogens with one attached hydrogen (secondary N) is 3. The standard InChI is InChI=1S/C25H36N6O6/c1-18-22(19-5-3-4-6-20(19)29-23(18)31-11-9-30(2)10-12-31)24(34)26-7-13-36-15-16-37-14-8-27-25(35)28-17-21(32)33/h3-6H,7-17H2,1-2H3,(H,26,34)(H,32,33)(H2,27,28,35)/i21+1. The molecule has 0 radical (unpaired) electrons. The van der Waals surface area contributed by atoms with E-state index < -0.39 is 18.5 Å². The van der Waals surface area contributed by atoms with Crippen molar-refractivity contribution in [3.63, 3.8) is 0 Å². The number of aromatic nitrogens is 1. The number of anilines is 1. The van der Waals surface area contributed by atoms with E-state index in [9.17, 15) is 14.4 Å². The number of carboxylic acids is 1. The molecule has 202 valence electrons. The average Bonchev–Trinajstić information content (AvgIpc) is 2.88. The fourth-order valence-corrected chi connectivity index (χ4v) is 4.02. The van der Waals surface area contributed by atoms with Crippen LogP contribution in [0, 0.1) is 6.92 Å². The zero-order valence-corrected chi connectivity index (χ0v) is 21.4. The van der Waals surface area contributed by atoms with Gasteiger partial charge in [-0.2, -0.15) is 0 Å². The lowest BCUT2D eigenvalue weighted by atomic mass is 10.0. The lowest BCUT2D eigenvalue weighted by Gasteiger charge is -2.34. The number of benzene rings is 1. The van der Waals surface area contributed by atoms with Crippen LogP contribution in [-0.2, 0) is 14.3 Å². The second kappa shape index (κ2) is 14.3. The fraction of sp³-hybridized carbons (Fsp3) is 0.520. The summed E-state index contributed by atoms with van der Waals surface area (Å²) in [5, 5.41) is 17.0. The van der Waals surface area contributed by atoms with Gasteiger partial charge in [-0.25, -0.2) is 9.78 Å². The first-order valence-corrected chi connectivity index (χ1v) is 12.4. The van der Waals surface area contributed by atoms with Crippen LogP contribution in [0.4, 0.5) is 10.6 Å². The van der Waals surface area contributed by atoms with E-state index in [0.29, 0.717) is 31.9 Å². The normalized spacial score (nSPS) is 13.9. The maximum Gasteiger partial charge on any atom is 0.323 e. The molecule has 3 rings (SSSR count). The molecule has 12 nitrogen and oxygen atoms in total. The quantitative estimate of drug-likeness (QED) is 0.220. The molecule has 0 saturated carbocycles. The molecular formula is C25H36N6O6. The van der Waals surface area contributed by atoms with Crippen LogP contribution in [0.2, 0.25) is 0 Å². The molecule has 2 aromatic rings. The number of hydrogen-bond donors (Lipinski definition) is 4. The van der Waals surface area contributed by atoms with Gasteiger partial charge < -0.3 is 40.3 Å². The van der Waals surface area contributed by atoms with Crippen molar-refractivity contribution in [1.82, 2.24) is 25.8 Å². The summed E-state index contributed by atoms with van der Waals surface area (Å²) in [7, 11) is 2.11. The molecule has 1 aromatic heterocycles. The predicted octanol–water partition coefficient (Wildman–Crippen LogP) is 0.442. The molecule has 1 aliphatic rings. The average molecular weight is 518 g/mol. The molecule has 3 amide bonds. The highest BCUT2D eigenvalue weighted by atomic mass is 16.5. The van der Waals surface area contributed by atoms with Crippen molar-refractivity contribution >= 4 is 34.6 Å². The van der Waals surface area contributed by atoms with Crippen molar-refractivity contribution in [2.45, 2.75) is 6.92 Å². The van der Waals surface area contributed by atoms with Crippen LogP contribution in [0.25, 0.3) is 10.9 Å². The highest BCUT2D eigenvalue weighted by Crippen LogP contribution is 2.29. The number of hydrogen-bond acceptors (Lipinski definition) is 8. The molecule has 2 heterocycles. The Morgan fingerprint density at radius 3 is 2.27 bits per heavy atom. The van der Waals surface area contributed by atoms with Crippen molar-refractivity contribution < 1.29 is 29.0 Å². The number of nitrogens with zero attached hydrogens (tertiary/aromatic N) is 3. The summed E-state index contributed by atoms with van der Waals surface area (Å²) in [5.41, 5.74) is 2.32. The molecule has 4 N–H and O–H groups in total. The number of carbonyl (C=O) groups is 3. The van der Waals surface area contributed by atoms with Crippen LogP contribution in [-0.4, -0.2) is 112 Å². The summed E-state index contributed by atoms with van der Waals surface area (Å²) in [6.07, 6.45) is 0. The number of likely N-dealkylation sites (N-methyl/N-ethyl adjacent to an activating group) is 1. The van der Waals surface area contributed by atoms with E-state index in [1.165, 1.54) is 0 Å². The van der Waals surface area contributed by atoms with Gasteiger partial charge in [-0.05, 0) is 20.0 Å². The fourth-order valence-electron chi connectivity index (χ4n) is 4.02. The van der Waals surface area contributed by atoms with Gasteiger partial charge in [0.05, 0.1) is 37.5 Å². The van der Waals surface area contributed by atoms with Gasteiger partial charge in [-0.15, -0.1) is 0 Å². The minimum Gasteiger partial charge on any atom is -0.480 e. The van der Waals surface area contributed by atoms with E-state index in [1.807, 2.05) is 31.2 Å². The Kier molecular flexibility index (Phi) is 10.9. The van der Waals surface area contributed by atoms with Crippen LogP contribution in [0.15, 0.2) is 24.3 Å². The first kappa shape index (κ1) is 28.1. The predicted molar refractivity (Wildman–Crippen MR) is 139 cm³/mol. The van der Waals surface area contributed by atoms with Gasteiger partial charge in [0.1, 0.15) is 12.4 Å². The number of urea groups is 1. The third kappa shape index (κ3) is 8.55. The van der Waals surface area contributed by atoms with Gasteiger partial charge in [0, 0.05) is 50.2 Å². The first-order chi connectivity index (χ1) is 17.9. The van der Waals surface area contributed by atoms with Crippen LogP contribution < -0.4 is 20.9 Å². The van der Waals surface area contributed by atoms with E-state index in [-0.39, 0.29) is 19.1 Å². The Labute approximate surface area is 216 Å². The second-order valence-corrected chi connectivity index (χ2v) is 8.73. The summed E-state index contributed by atoms with van der Waals surface area (Å²) < 4.78 is 10.9. The van der Waals surface area contributed by atoms with Gasteiger partial charge in [-0.3, -0.25) is 9.59 Å². The highest BCUT2D eigenvalue weighted by molar-refractivity contribution is 6.08. The molecular weight excluding hydrogens is 481 g/mol. The highest BCUT2D eigenvalue weighted by Gasteiger charge is 2.23. The maximum absolute atomic E-state index is 13.2. The molecule has 0 spiro atoms. The van der Waals surface area contributed by atoms with Crippen LogP contribution in [0.3, 0.4) is 0 Å². The molecule has 0 unspecified atom stereocenters. The lowest BCUT2D eigenvalue weighted by molar-refractivity contribution is -0.135. The van der Waals surface area contributed by atoms with Crippen molar-refractivity contribution in [2.75, 3.05) is 84.2 Å². The van der Waals surface area contributed by atoms with E-state index >= 15 is 0 Å². The van der Waals surface area contributed by atoms with Gasteiger partial charge in [0.2, 0.25) is 0 Å². The molecule has 37 heavy (non-hydrogen) atoms. The number of carboxylic acid groups (broad SMARTS) is 1. The van der Waals surface area contributed by atoms with Crippen LogP contribution in [0.5, 0.6) is 0 Å². The first-order valence-electron chi connectivity index (χ1n) is 12.4. The van der Waals surface area contributed by atoms with Gasteiger partial charge >= 0.3 is 12.0 Å². The second-order valence-electron chi connectivity index (χ2n) is 8.73. The summed E-state index contributed by atoms with van der Waals surface area (Å²) in [6.45, 7) is 7.03. The number of ether oxygens (including phenoxy) is 2. The van der Waals surface area contributed by atoms with Crippen LogP contribution in [0.1, 0.15) is 15.9 Å². The minimum absolute atomic E-state index is 0.154. The van der Waals surface area contributed by atoms with Crippen molar-refractivity contribution in [3.8, 4) is 0 Å². The zero-order valence-electron chi connectivity index (χ0n) is 21.4. The molecule has 1 saturated heterocycles. The topological polar surface area (TPSA) is 145 Å². The van der Waals surface area contributed by atoms with E-state index in [1.54, 1.807) is 0 Å².